The molecule has 0 spiro atoms. The van der Waals surface area contributed by atoms with E-state index >= 15 is 0 Å². The minimum absolute atomic E-state index is 0.000277. The molecule has 6 heteroatoms. The molecule has 24 heavy (non-hydrogen) atoms. The van der Waals surface area contributed by atoms with Gasteiger partial charge in [0.05, 0.1) is 18.1 Å². The number of carbonyl (C=O) groups excluding carboxylic acids is 1. The van der Waals surface area contributed by atoms with Gasteiger partial charge in [-0.15, -0.1) is 0 Å². The van der Waals surface area contributed by atoms with Crippen molar-refractivity contribution in [3.05, 3.63) is 0 Å². The molecule has 5 nitrogen and oxygen atoms in total. The molecule has 4 aliphatic carbocycles. The predicted octanol–water partition coefficient (Wildman–Crippen LogP) is 1.44. The highest BCUT2D eigenvalue weighted by atomic mass is 32.2. The number of hydrogen-bond acceptors (Lipinski definition) is 4. The number of amides is 1. The Bertz CT molecular complexity index is 580. The van der Waals surface area contributed by atoms with Gasteiger partial charge >= 0.3 is 0 Å². The van der Waals surface area contributed by atoms with Crippen LogP contribution in [0.15, 0.2) is 0 Å². The lowest BCUT2D eigenvalue weighted by atomic mass is 9.49. The van der Waals surface area contributed by atoms with Crippen molar-refractivity contribution >= 4 is 15.7 Å². The summed E-state index contributed by atoms with van der Waals surface area (Å²) < 4.78 is 23.2. The van der Waals surface area contributed by atoms with Gasteiger partial charge in [0, 0.05) is 12.6 Å². The molecule has 136 valence electrons. The molecule has 1 atom stereocenters. The summed E-state index contributed by atoms with van der Waals surface area (Å²) in [5.74, 6) is 3.22. The Morgan fingerprint density at radius 3 is 2.21 bits per heavy atom. The quantitative estimate of drug-likeness (QED) is 0.811. The number of sulfone groups is 1. The Morgan fingerprint density at radius 2 is 1.71 bits per heavy atom. The Labute approximate surface area is 145 Å². The minimum atomic E-state index is -2.89. The molecule has 0 radical (unpaired) electrons. The van der Waals surface area contributed by atoms with Gasteiger partial charge in [-0.05, 0) is 75.2 Å². The second-order valence-electron chi connectivity index (χ2n) is 9.17. The number of likely N-dealkylation sites (N-methyl/N-ethyl adjacent to an activating group) is 1. The zero-order valence-corrected chi connectivity index (χ0v) is 15.5. The molecule has 4 saturated carbocycles. The first-order valence-corrected chi connectivity index (χ1v) is 11.3. The van der Waals surface area contributed by atoms with Gasteiger partial charge in [0.2, 0.25) is 5.91 Å². The highest BCUT2D eigenvalue weighted by Crippen LogP contribution is 2.59. The lowest BCUT2D eigenvalue weighted by Crippen LogP contribution is -2.52. The summed E-state index contributed by atoms with van der Waals surface area (Å²) in [6, 6.07) is 0.000277. The van der Waals surface area contributed by atoms with Gasteiger partial charge in [0.15, 0.2) is 9.84 Å². The maximum Gasteiger partial charge on any atom is 0.234 e. The first-order chi connectivity index (χ1) is 11.3. The van der Waals surface area contributed by atoms with Crippen LogP contribution in [0.1, 0.15) is 44.9 Å². The molecule has 1 aliphatic heterocycles. The van der Waals surface area contributed by atoms with Gasteiger partial charge in [0.1, 0.15) is 0 Å². The average molecular weight is 355 g/mol. The van der Waals surface area contributed by atoms with Crippen LogP contribution in [-0.4, -0.2) is 56.9 Å². The lowest BCUT2D eigenvalue weighted by molar-refractivity contribution is -0.124. The van der Waals surface area contributed by atoms with E-state index in [1.165, 1.54) is 38.5 Å². The summed E-state index contributed by atoms with van der Waals surface area (Å²) >= 11 is 0. The van der Waals surface area contributed by atoms with Gasteiger partial charge in [-0.25, -0.2) is 8.42 Å². The SMILES string of the molecule is CN(CC(=O)NCC12CC3CC(CC(C3)C1)C2)[C@H]1CCS(=O)(=O)C1. The van der Waals surface area contributed by atoms with Crippen LogP contribution in [-0.2, 0) is 14.6 Å². The van der Waals surface area contributed by atoms with Crippen LogP contribution in [0.4, 0.5) is 0 Å². The van der Waals surface area contributed by atoms with E-state index in [-0.39, 0.29) is 23.5 Å². The van der Waals surface area contributed by atoms with Crippen LogP contribution in [0, 0.1) is 23.2 Å². The number of nitrogens with zero attached hydrogens (tertiary/aromatic N) is 1. The van der Waals surface area contributed by atoms with Crippen LogP contribution < -0.4 is 5.32 Å². The summed E-state index contributed by atoms with van der Waals surface area (Å²) in [6.07, 6.45) is 8.83. The normalized spacial score (nSPS) is 42.6. The van der Waals surface area contributed by atoms with E-state index in [9.17, 15) is 13.2 Å². The predicted molar refractivity (Wildman–Crippen MR) is 93.3 cm³/mol. The molecule has 0 aromatic rings. The number of rotatable bonds is 5. The zero-order chi connectivity index (χ0) is 16.9. The first kappa shape index (κ1) is 16.8. The van der Waals surface area contributed by atoms with Crippen LogP contribution >= 0.6 is 0 Å². The van der Waals surface area contributed by atoms with Gasteiger partial charge in [-0.1, -0.05) is 0 Å². The van der Waals surface area contributed by atoms with E-state index in [4.69, 9.17) is 0 Å². The first-order valence-electron chi connectivity index (χ1n) is 9.50. The molecule has 0 unspecified atom stereocenters. The van der Waals surface area contributed by atoms with Crippen LogP contribution in [0.2, 0.25) is 0 Å². The van der Waals surface area contributed by atoms with Crippen molar-refractivity contribution in [1.82, 2.24) is 10.2 Å². The molecular weight excluding hydrogens is 324 g/mol. The summed E-state index contributed by atoms with van der Waals surface area (Å²) in [7, 11) is -1.02. The molecular formula is C18H30N2O3S. The summed E-state index contributed by atoms with van der Waals surface area (Å²) in [5, 5.41) is 3.18. The van der Waals surface area contributed by atoms with E-state index in [2.05, 4.69) is 5.32 Å². The maximum atomic E-state index is 12.4. The second-order valence-corrected chi connectivity index (χ2v) is 11.4. The fraction of sp³-hybridized carbons (Fsp3) is 0.944. The van der Waals surface area contributed by atoms with E-state index < -0.39 is 9.84 Å². The van der Waals surface area contributed by atoms with Crippen molar-refractivity contribution in [2.45, 2.75) is 51.0 Å². The standard InChI is InChI=1S/C18H30N2O3S/c1-20(16-2-3-24(22,23)11-16)10-17(21)19-12-18-7-13-4-14(8-18)6-15(5-13)9-18/h13-16H,2-12H2,1H3,(H,19,21)/t13?,14?,15?,16-,18?/m0/s1. The summed E-state index contributed by atoms with van der Waals surface area (Å²) in [6.45, 7) is 1.14. The summed E-state index contributed by atoms with van der Waals surface area (Å²) in [4.78, 5) is 14.3. The van der Waals surface area contributed by atoms with Crippen LogP contribution in [0.25, 0.3) is 0 Å². The van der Waals surface area contributed by atoms with E-state index in [0.717, 1.165) is 24.3 Å². The molecule has 5 rings (SSSR count). The Morgan fingerprint density at radius 1 is 1.12 bits per heavy atom. The van der Waals surface area contributed by atoms with Crippen LogP contribution in [0.5, 0.6) is 0 Å². The highest BCUT2D eigenvalue weighted by Gasteiger charge is 2.50. The van der Waals surface area contributed by atoms with E-state index in [1.807, 2.05) is 11.9 Å². The number of carbonyl (C=O) groups is 1. The third-order valence-corrected chi connectivity index (χ3v) is 8.80. The van der Waals surface area contributed by atoms with Crippen molar-refractivity contribution in [2.24, 2.45) is 23.2 Å². The van der Waals surface area contributed by atoms with Crippen molar-refractivity contribution in [3.63, 3.8) is 0 Å². The molecule has 0 aromatic heterocycles. The Balaban J connectivity index is 1.28. The molecule has 5 aliphatic rings. The monoisotopic (exact) mass is 354 g/mol. The van der Waals surface area contributed by atoms with Gasteiger partial charge in [-0.2, -0.15) is 0 Å². The van der Waals surface area contributed by atoms with Gasteiger partial charge in [0.25, 0.3) is 0 Å². The molecule has 1 N–H and O–H groups in total. The minimum Gasteiger partial charge on any atom is -0.354 e. The molecule has 1 amide bonds. The fourth-order valence-electron chi connectivity index (χ4n) is 6.33. The summed E-state index contributed by atoms with van der Waals surface area (Å²) in [5.41, 5.74) is 0.361. The topological polar surface area (TPSA) is 66.5 Å². The third kappa shape index (κ3) is 3.36. The molecule has 1 saturated heterocycles. The third-order valence-electron chi connectivity index (χ3n) is 7.05. The largest absolute Gasteiger partial charge is 0.354 e. The maximum absolute atomic E-state index is 12.4. The zero-order valence-electron chi connectivity index (χ0n) is 14.7. The average Bonchev–Trinajstić information content (AvgIpc) is 2.84. The van der Waals surface area contributed by atoms with E-state index in [0.29, 0.717) is 18.4 Å². The molecule has 0 aromatic carbocycles. The smallest absolute Gasteiger partial charge is 0.234 e. The van der Waals surface area contributed by atoms with Crippen molar-refractivity contribution in [2.75, 3.05) is 31.6 Å². The fourth-order valence-corrected chi connectivity index (χ4v) is 8.13. The van der Waals surface area contributed by atoms with Crippen molar-refractivity contribution in [1.29, 1.82) is 0 Å². The molecule has 5 fully saturated rings. The molecule has 1 heterocycles. The van der Waals surface area contributed by atoms with Gasteiger partial charge in [-0.3, -0.25) is 9.69 Å². The van der Waals surface area contributed by atoms with Crippen molar-refractivity contribution in [3.8, 4) is 0 Å². The van der Waals surface area contributed by atoms with E-state index in [1.54, 1.807) is 0 Å². The van der Waals surface area contributed by atoms with Crippen LogP contribution in [0.3, 0.4) is 0 Å². The Kier molecular flexibility index (Phi) is 4.19. The number of nitrogens with one attached hydrogen (secondary N) is 1. The lowest BCUT2D eigenvalue weighted by Gasteiger charge is -2.56. The van der Waals surface area contributed by atoms with Gasteiger partial charge < -0.3 is 5.32 Å². The highest BCUT2D eigenvalue weighted by molar-refractivity contribution is 7.91. The second kappa shape index (κ2) is 5.97. The van der Waals surface area contributed by atoms with Crippen molar-refractivity contribution < 1.29 is 13.2 Å². The molecule has 4 bridgehead atoms. The Hall–Kier alpha value is -0.620. The number of hydrogen-bond donors (Lipinski definition) is 1.